The fourth-order valence-corrected chi connectivity index (χ4v) is 4.08. The number of aromatic nitrogens is 1. The number of alkyl halides is 6. The van der Waals surface area contributed by atoms with Gasteiger partial charge in [0.05, 0.1) is 23.0 Å². The highest BCUT2D eigenvalue weighted by atomic mass is 19.4. The van der Waals surface area contributed by atoms with E-state index in [1.807, 2.05) is 0 Å². The van der Waals surface area contributed by atoms with Gasteiger partial charge in [-0.05, 0) is 62.6 Å². The average Bonchev–Trinajstić information content (AvgIpc) is 2.82. The van der Waals surface area contributed by atoms with Crippen molar-refractivity contribution in [2.24, 2.45) is 0 Å². The van der Waals surface area contributed by atoms with Crippen molar-refractivity contribution >= 4 is 22.7 Å². The quantitative estimate of drug-likeness (QED) is 0.491. The van der Waals surface area contributed by atoms with Crippen LogP contribution in [0.1, 0.15) is 37.4 Å². The predicted molar refractivity (Wildman–Crippen MR) is 108 cm³/mol. The second-order valence-electron chi connectivity index (χ2n) is 7.94. The Bertz CT molecular complexity index is 939. The third-order valence-electron chi connectivity index (χ3n) is 5.50. The first-order chi connectivity index (χ1) is 14.4. The molecule has 2 aliphatic rings. The van der Waals surface area contributed by atoms with Crippen molar-refractivity contribution in [2.45, 2.75) is 50.7 Å². The molecule has 1 saturated heterocycles. The van der Waals surface area contributed by atoms with Crippen LogP contribution in [0.2, 0.25) is 0 Å². The van der Waals surface area contributed by atoms with Crippen LogP contribution in [-0.4, -0.2) is 48.5 Å². The van der Waals surface area contributed by atoms with Crippen molar-refractivity contribution in [1.82, 2.24) is 10.3 Å². The third-order valence-corrected chi connectivity index (χ3v) is 5.50. The van der Waals surface area contributed by atoms with Gasteiger partial charge >= 0.3 is 12.4 Å². The minimum absolute atomic E-state index is 0.0788. The topological polar surface area (TPSA) is 51.3 Å². The van der Waals surface area contributed by atoms with Gasteiger partial charge in [0, 0.05) is 24.5 Å². The molecule has 0 radical (unpaired) electrons. The number of rotatable bonds is 0. The number of benzene rings is 1. The highest BCUT2D eigenvalue weighted by Gasteiger charge is 2.46. The molecule has 1 fully saturated rings. The van der Waals surface area contributed by atoms with Crippen LogP contribution in [0.15, 0.2) is 23.8 Å². The number of H-pyrrole nitrogens is 1. The third kappa shape index (κ3) is 5.17. The van der Waals surface area contributed by atoms with E-state index in [1.165, 1.54) is 39.0 Å². The van der Waals surface area contributed by atoms with Gasteiger partial charge in [0.25, 0.3) is 0 Å². The van der Waals surface area contributed by atoms with E-state index < -0.39 is 24.0 Å². The number of anilines is 1. The second-order valence-corrected chi connectivity index (χ2v) is 7.94. The number of aliphatic hydroxyl groups is 1. The maximum Gasteiger partial charge on any atom is 0.416 e. The average molecular weight is 449 g/mol. The summed E-state index contributed by atoms with van der Waals surface area (Å²) in [7, 11) is 1.24. The van der Waals surface area contributed by atoms with E-state index in [2.05, 4.69) is 10.3 Å². The van der Waals surface area contributed by atoms with Crippen LogP contribution in [0.3, 0.4) is 0 Å². The van der Waals surface area contributed by atoms with Crippen molar-refractivity contribution < 1.29 is 31.4 Å². The summed E-state index contributed by atoms with van der Waals surface area (Å²) in [6.07, 6.45) is -4.45. The van der Waals surface area contributed by atoms with Gasteiger partial charge in [-0.2, -0.15) is 26.3 Å². The van der Waals surface area contributed by atoms with Gasteiger partial charge in [-0.3, -0.25) is 0 Å². The zero-order valence-electron chi connectivity index (χ0n) is 17.2. The first-order valence-electron chi connectivity index (χ1n) is 9.99. The Kier molecular flexibility index (Phi) is 6.61. The lowest BCUT2D eigenvalue weighted by Gasteiger charge is -2.35. The van der Waals surface area contributed by atoms with Crippen LogP contribution in [-0.2, 0) is 6.18 Å². The summed E-state index contributed by atoms with van der Waals surface area (Å²) in [6.45, 7) is 3.22. The summed E-state index contributed by atoms with van der Waals surface area (Å²) >= 11 is 0. The van der Waals surface area contributed by atoms with Gasteiger partial charge < -0.3 is 20.3 Å². The molecular formula is C21H25F6N3O. The van der Waals surface area contributed by atoms with Crippen LogP contribution in [0.5, 0.6) is 0 Å². The molecule has 1 aromatic heterocycles. The van der Waals surface area contributed by atoms with Crippen LogP contribution < -0.4 is 10.2 Å². The predicted octanol–water partition coefficient (Wildman–Crippen LogP) is 5.09. The molecule has 0 saturated carbocycles. The first kappa shape index (κ1) is 23.5. The van der Waals surface area contributed by atoms with Gasteiger partial charge in [0.1, 0.15) is 6.04 Å². The number of likely N-dealkylation sites (N-methyl/N-ethyl adjacent to an activating group) is 1. The fraction of sp³-hybridized carbons (Fsp3) is 0.524. The molecule has 0 amide bonds. The summed E-state index contributed by atoms with van der Waals surface area (Å²) < 4.78 is 78.3. The van der Waals surface area contributed by atoms with Crippen LogP contribution in [0, 0.1) is 0 Å². The zero-order chi connectivity index (χ0) is 23.0. The van der Waals surface area contributed by atoms with E-state index in [0.29, 0.717) is 11.2 Å². The van der Waals surface area contributed by atoms with Crippen LogP contribution in [0.4, 0.5) is 32.0 Å². The molecular weight excluding hydrogens is 424 g/mol. The molecule has 2 aromatic rings. The van der Waals surface area contributed by atoms with Gasteiger partial charge in [-0.25, -0.2) is 0 Å². The lowest BCUT2D eigenvalue weighted by Crippen LogP contribution is -2.46. The van der Waals surface area contributed by atoms with Crippen molar-refractivity contribution in [3.05, 3.63) is 35.0 Å². The molecule has 10 heteroatoms. The molecule has 4 rings (SSSR count). The Morgan fingerprint density at radius 2 is 1.81 bits per heavy atom. The molecule has 0 aliphatic carbocycles. The van der Waals surface area contributed by atoms with E-state index in [-0.39, 0.29) is 22.8 Å². The molecule has 31 heavy (non-hydrogen) atoms. The second kappa shape index (κ2) is 8.74. The Hall–Kier alpha value is -2.20. The molecule has 3 N–H and O–H groups in total. The van der Waals surface area contributed by atoms with E-state index >= 15 is 0 Å². The monoisotopic (exact) mass is 449 g/mol. The number of aliphatic hydroxyl groups excluding tert-OH is 1. The minimum Gasteiger partial charge on any atom is -0.392 e. The molecule has 1 aromatic carbocycles. The highest BCUT2D eigenvalue weighted by molar-refractivity contribution is 5.99. The highest BCUT2D eigenvalue weighted by Crippen LogP contribution is 2.43. The molecule has 2 aliphatic heterocycles. The van der Waals surface area contributed by atoms with Crippen molar-refractivity contribution in [1.29, 1.82) is 0 Å². The van der Waals surface area contributed by atoms with Gasteiger partial charge in [0.2, 0.25) is 0 Å². The maximum absolute atomic E-state index is 13.2. The summed E-state index contributed by atoms with van der Waals surface area (Å²) in [5, 5.41) is 12.3. The zero-order valence-corrected chi connectivity index (χ0v) is 17.2. The molecule has 3 heterocycles. The standard InChI is InChI=1S/C15H12F6N2.C6H13NO/c1-7-5-11-12(23(2)13(7)15(19,20)21)9-6-8(14(16,17)18)3-4-10(9)22-11;8-6-3-1-2-4-7-5-6/h3-6,13,22H,1-2H3;6-8H,1-5H2/t;6-/m.1/s1. The van der Waals surface area contributed by atoms with Crippen molar-refractivity contribution in [3.8, 4) is 0 Å². The molecule has 172 valence electrons. The largest absolute Gasteiger partial charge is 0.416 e. The summed E-state index contributed by atoms with van der Waals surface area (Å²) in [5.41, 5.74) is 0.0470. The number of fused-ring (bicyclic) bond motifs is 3. The SMILES string of the molecule is CC1=Cc2[nH]c3ccc(C(F)(F)F)cc3c2N(C)C1C(F)(F)F.O[C@@H]1CCCCNC1. The Morgan fingerprint density at radius 1 is 1.10 bits per heavy atom. The lowest BCUT2D eigenvalue weighted by atomic mass is 9.99. The minimum atomic E-state index is -4.55. The van der Waals surface area contributed by atoms with Crippen LogP contribution >= 0.6 is 0 Å². The van der Waals surface area contributed by atoms with E-state index in [4.69, 9.17) is 5.11 Å². The number of halogens is 6. The fourth-order valence-electron chi connectivity index (χ4n) is 4.08. The normalized spacial score (nSPS) is 22.4. The number of aromatic amines is 1. The number of hydrogen-bond acceptors (Lipinski definition) is 3. The first-order valence-corrected chi connectivity index (χ1v) is 9.99. The molecule has 2 atom stereocenters. The Morgan fingerprint density at radius 3 is 2.45 bits per heavy atom. The van der Waals surface area contributed by atoms with Gasteiger partial charge in [-0.15, -0.1) is 0 Å². The molecule has 0 spiro atoms. The Labute approximate surface area is 175 Å². The van der Waals surface area contributed by atoms with Crippen molar-refractivity contribution in [3.63, 3.8) is 0 Å². The lowest BCUT2D eigenvalue weighted by molar-refractivity contribution is -0.140. The van der Waals surface area contributed by atoms with Gasteiger partial charge in [-0.1, -0.05) is 0 Å². The number of hydrogen-bond donors (Lipinski definition) is 3. The summed E-state index contributed by atoms with van der Waals surface area (Å²) in [4.78, 5) is 3.85. The summed E-state index contributed by atoms with van der Waals surface area (Å²) in [6, 6.07) is 1.16. The molecule has 1 unspecified atom stereocenters. The maximum atomic E-state index is 13.2. The van der Waals surface area contributed by atoms with Crippen LogP contribution in [0.25, 0.3) is 17.0 Å². The van der Waals surface area contributed by atoms with E-state index in [0.717, 1.165) is 36.5 Å². The number of β-amino-alcohol motifs (C(OH)–C–C–N with tert-alkyl or cyclic N) is 1. The molecule has 0 bridgehead atoms. The number of nitrogens with zero attached hydrogens (tertiary/aromatic N) is 1. The van der Waals surface area contributed by atoms with E-state index in [1.54, 1.807) is 0 Å². The number of nitrogens with one attached hydrogen (secondary N) is 2. The van der Waals surface area contributed by atoms with Gasteiger partial charge in [0.15, 0.2) is 0 Å². The molecule has 4 nitrogen and oxygen atoms in total. The summed E-state index contributed by atoms with van der Waals surface area (Å²) in [5.74, 6) is 0. The van der Waals surface area contributed by atoms with E-state index in [9.17, 15) is 26.3 Å². The van der Waals surface area contributed by atoms with Crippen molar-refractivity contribution in [2.75, 3.05) is 25.0 Å². The Balaban J connectivity index is 0.000000287. The smallest absolute Gasteiger partial charge is 0.392 e.